The van der Waals surface area contributed by atoms with Crippen molar-refractivity contribution in [3.63, 3.8) is 0 Å². The van der Waals surface area contributed by atoms with Crippen LogP contribution in [0.25, 0.3) is 0 Å². The van der Waals surface area contributed by atoms with Crippen LogP contribution in [-0.2, 0) is 0 Å². The van der Waals surface area contributed by atoms with Gasteiger partial charge in [0, 0.05) is 7.59 Å². The maximum atomic E-state index is 2.61. The van der Waals surface area contributed by atoms with Gasteiger partial charge in [-0.3, -0.25) is 8.31 Å². The van der Waals surface area contributed by atoms with Gasteiger partial charge in [0.1, 0.15) is 0 Å². The van der Waals surface area contributed by atoms with Crippen LogP contribution in [-0.4, -0.2) is 23.0 Å². The van der Waals surface area contributed by atoms with Crippen LogP contribution >= 0.6 is 0 Å². The van der Waals surface area contributed by atoms with Crippen molar-refractivity contribution in [1.29, 1.82) is 0 Å². The van der Waals surface area contributed by atoms with E-state index in [1.165, 1.54) is 0 Å². The number of hydrogen-bond donors (Lipinski definition) is 0. The van der Waals surface area contributed by atoms with E-state index >= 15 is 0 Å². The molecule has 1 aromatic carbocycles. The van der Waals surface area contributed by atoms with Gasteiger partial charge < -0.3 is 0 Å². The Morgan fingerprint density at radius 2 is 1.31 bits per heavy atom. The smallest absolute Gasteiger partial charge is 0.266 e. The van der Waals surface area contributed by atoms with Gasteiger partial charge in [-0.05, 0) is 0 Å². The molecule has 0 atom stereocenters. The summed E-state index contributed by atoms with van der Waals surface area (Å²) in [5.74, 6) is 0. The van der Waals surface area contributed by atoms with E-state index in [1.807, 2.05) is 0 Å². The van der Waals surface area contributed by atoms with Crippen molar-refractivity contribution < 1.29 is 18.9 Å². The van der Waals surface area contributed by atoms with Crippen molar-refractivity contribution in [2.45, 2.75) is 39.3 Å². The molecule has 0 aliphatic rings. The molecule has 0 N–H and O–H groups in total. The van der Waals surface area contributed by atoms with Gasteiger partial charge in [0.15, 0.2) is 0 Å². The first-order chi connectivity index (χ1) is 6.80. The molecular formula is C12H23LiSi3. The Morgan fingerprint density at radius 3 is 1.69 bits per heavy atom. The summed E-state index contributed by atoms with van der Waals surface area (Å²) in [4.78, 5) is 0. The second-order valence-electron chi connectivity index (χ2n) is 5.62. The monoisotopic (exact) mass is 258 g/mol. The Bertz CT molecular complexity index is 320. The summed E-state index contributed by atoms with van der Waals surface area (Å²) in [5, 5.41) is 1.66. The largest absolute Gasteiger partial charge is 1.00 e. The summed E-state index contributed by atoms with van der Waals surface area (Å²) in [5.41, 5.74) is 0. The predicted molar refractivity (Wildman–Crippen MR) is 78.5 cm³/mol. The number of hydrogen-bond acceptors (Lipinski definition) is 0. The summed E-state index contributed by atoms with van der Waals surface area (Å²) in [7, 11) is -2.31. The van der Waals surface area contributed by atoms with Crippen LogP contribution in [0.15, 0.2) is 30.3 Å². The van der Waals surface area contributed by atoms with E-state index < -0.39 is 14.7 Å². The van der Waals surface area contributed by atoms with E-state index in [0.29, 0.717) is 0 Å². The van der Waals surface area contributed by atoms with Crippen molar-refractivity contribution in [2.24, 2.45) is 0 Å². The molecule has 84 valence electrons. The van der Waals surface area contributed by atoms with Gasteiger partial charge in [-0.15, -0.1) is 7.11 Å². The predicted octanol–water partition coefficient (Wildman–Crippen LogP) is 0.226. The summed E-state index contributed by atoms with van der Waals surface area (Å²) >= 11 is 0. The Balaban J connectivity index is 0.00000225. The molecular weight excluding hydrogens is 235 g/mol. The molecule has 16 heavy (non-hydrogen) atoms. The van der Waals surface area contributed by atoms with Crippen molar-refractivity contribution >= 4 is 28.2 Å². The minimum absolute atomic E-state index is 0. The van der Waals surface area contributed by atoms with Crippen LogP contribution in [0.5, 0.6) is 0 Å². The third-order valence-corrected chi connectivity index (χ3v) is 39.6. The second kappa shape index (κ2) is 5.88. The summed E-state index contributed by atoms with van der Waals surface area (Å²) in [6.07, 6.45) is 0. The Hall–Kier alpha value is 0.468. The molecule has 0 saturated carbocycles. The van der Waals surface area contributed by atoms with E-state index in [0.717, 1.165) is 0 Å². The summed E-state index contributed by atoms with van der Waals surface area (Å²) < 4.78 is 0. The summed E-state index contributed by atoms with van der Waals surface area (Å²) in [6.45, 7) is 15.4. The fraction of sp³-hybridized carbons (Fsp3) is 0.500. The Morgan fingerprint density at radius 1 is 0.875 bits per heavy atom. The zero-order valence-electron chi connectivity index (χ0n) is 11.9. The van der Waals surface area contributed by atoms with Crippen molar-refractivity contribution in [1.82, 2.24) is 0 Å². The summed E-state index contributed by atoms with van der Waals surface area (Å²) in [6, 6.07) is 11.2. The second-order valence-corrected chi connectivity index (χ2v) is 30.4. The van der Waals surface area contributed by atoms with Crippen LogP contribution in [0.3, 0.4) is 0 Å². The number of rotatable bonds is 3. The fourth-order valence-corrected chi connectivity index (χ4v) is 23.8. The van der Waals surface area contributed by atoms with E-state index in [2.05, 4.69) is 69.6 Å². The molecule has 0 spiro atoms. The van der Waals surface area contributed by atoms with E-state index in [1.54, 1.807) is 5.19 Å². The number of benzene rings is 1. The maximum absolute atomic E-state index is 2.61. The van der Waals surface area contributed by atoms with Crippen LogP contribution in [0.4, 0.5) is 0 Å². The van der Waals surface area contributed by atoms with Gasteiger partial charge in [0.25, 0.3) is 0 Å². The van der Waals surface area contributed by atoms with Crippen molar-refractivity contribution in [2.75, 3.05) is 0 Å². The SMILES string of the molecule is C[Si-](C)[Si](C)(C)[Si](C)(C)c1ccccc1.[Li+]. The molecule has 0 radical (unpaired) electrons. The van der Waals surface area contributed by atoms with Gasteiger partial charge in [-0.2, -0.15) is 13.1 Å². The third kappa shape index (κ3) is 3.02. The van der Waals surface area contributed by atoms with E-state index in [4.69, 9.17) is 0 Å². The molecule has 0 heterocycles. The van der Waals surface area contributed by atoms with Crippen LogP contribution < -0.4 is 24.0 Å². The van der Waals surface area contributed by atoms with Crippen LogP contribution in [0.1, 0.15) is 0 Å². The molecule has 0 nitrogen and oxygen atoms in total. The first kappa shape index (κ1) is 16.5. The molecule has 0 aromatic heterocycles. The van der Waals surface area contributed by atoms with Crippen molar-refractivity contribution in [3.8, 4) is 0 Å². The molecule has 1 aromatic rings. The molecule has 0 saturated heterocycles. The molecule has 0 aliphatic heterocycles. The molecule has 0 aliphatic carbocycles. The fourth-order valence-electron chi connectivity index (χ4n) is 1.84. The maximum Gasteiger partial charge on any atom is 1.00 e. The average molecular weight is 259 g/mol. The first-order valence-electron chi connectivity index (χ1n) is 5.66. The third-order valence-electron chi connectivity index (χ3n) is 4.31. The van der Waals surface area contributed by atoms with Gasteiger partial charge >= 0.3 is 18.9 Å². The van der Waals surface area contributed by atoms with E-state index in [9.17, 15) is 0 Å². The van der Waals surface area contributed by atoms with Gasteiger partial charge in [0.05, 0.1) is 0 Å². The van der Waals surface area contributed by atoms with Crippen LogP contribution in [0, 0.1) is 0 Å². The molecule has 0 unspecified atom stereocenters. The normalized spacial score (nSPS) is 12.4. The van der Waals surface area contributed by atoms with E-state index in [-0.39, 0.29) is 27.2 Å². The average Bonchev–Trinajstić information content (AvgIpc) is 2.18. The topological polar surface area (TPSA) is 0 Å². The standard InChI is InChI=1S/C12H23Si3.Li/c1-13(2)15(5,6)14(3,4)12-10-8-7-9-11-12;/h7-11H,1-6H3;/q-1;+1. The molecule has 1 rings (SSSR count). The Labute approximate surface area is 116 Å². The van der Waals surface area contributed by atoms with Crippen molar-refractivity contribution in [3.05, 3.63) is 30.3 Å². The zero-order valence-corrected chi connectivity index (χ0v) is 14.9. The zero-order chi connectivity index (χ0) is 11.7. The molecule has 0 fully saturated rings. The minimum atomic E-state index is -1.19. The van der Waals surface area contributed by atoms with Gasteiger partial charge in [0.2, 0.25) is 0 Å². The molecule has 4 heteroatoms. The van der Waals surface area contributed by atoms with Gasteiger partial charge in [-0.1, -0.05) is 61.7 Å². The quantitative estimate of drug-likeness (QED) is 0.681. The van der Waals surface area contributed by atoms with Gasteiger partial charge in [-0.25, -0.2) is 0 Å². The first-order valence-corrected chi connectivity index (χ1v) is 16.2. The van der Waals surface area contributed by atoms with Crippen LogP contribution in [0.2, 0.25) is 39.3 Å². The minimum Gasteiger partial charge on any atom is -0.266 e. The molecule has 0 amide bonds. The molecule has 0 bridgehead atoms. The Kier molecular flexibility index (Phi) is 6.05.